The van der Waals surface area contributed by atoms with Crippen LogP contribution in [0.4, 0.5) is 10.1 Å². The van der Waals surface area contributed by atoms with Crippen molar-refractivity contribution in [3.8, 4) is 5.88 Å². The SMILES string of the molecule is Cc1ccc2c(c1)nc(CN1CCC(c3cccc(OCc4ccc(Cl)cc4F)n3)CC1)n2CC1CCO1.Cn1cc2cc(NC=O)ccc2n1. The third-order valence-corrected chi connectivity index (χ3v) is 9.75. The number of ether oxygens (including phenoxy) is 2. The quantitative estimate of drug-likeness (QED) is 0.148. The lowest BCUT2D eigenvalue weighted by Crippen LogP contribution is -2.35. The molecule has 8 rings (SSSR count). The van der Waals surface area contributed by atoms with Gasteiger partial charge in [-0.15, -0.1) is 0 Å². The first-order valence-electron chi connectivity index (χ1n) is 17.3. The van der Waals surface area contributed by atoms with Gasteiger partial charge in [-0.05, 0) is 93.4 Å². The van der Waals surface area contributed by atoms with Crippen LogP contribution in [0.3, 0.4) is 0 Å². The molecule has 51 heavy (non-hydrogen) atoms. The van der Waals surface area contributed by atoms with Crippen LogP contribution < -0.4 is 10.1 Å². The maximum Gasteiger partial charge on any atom is 0.213 e. The summed E-state index contributed by atoms with van der Waals surface area (Å²) in [5, 5.41) is 8.20. The van der Waals surface area contributed by atoms with Gasteiger partial charge in [0.15, 0.2) is 0 Å². The Bertz CT molecular complexity index is 2140. The third kappa shape index (κ3) is 8.39. The number of nitrogens with one attached hydrogen (secondary N) is 1. The van der Waals surface area contributed by atoms with Gasteiger partial charge < -0.3 is 19.4 Å². The summed E-state index contributed by atoms with van der Waals surface area (Å²) < 4.78 is 29.8. The zero-order valence-corrected chi connectivity index (χ0v) is 29.5. The molecular formula is C39H41ClFN7O3. The normalized spacial score (nSPS) is 16.4. The lowest BCUT2D eigenvalue weighted by atomic mass is 9.93. The Kier molecular flexibility index (Phi) is 10.6. The fourth-order valence-corrected chi connectivity index (χ4v) is 6.83. The molecule has 2 saturated heterocycles. The van der Waals surface area contributed by atoms with Crippen LogP contribution in [-0.4, -0.2) is 61.4 Å². The fourth-order valence-electron chi connectivity index (χ4n) is 6.67. The molecule has 6 aromatic rings. The molecule has 1 atom stereocenters. The molecule has 0 bridgehead atoms. The van der Waals surface area contributed by atoms with Gasteiger partial charge in [-0.25, -0.2) is 14.4 Å². The molecule has 0 aliphatic carbocycles. The maximum absolute atomic E-state index is 14.1. The van der Waals surface area contributed by atoms with Gasteiger partial charge >= 0.3 is 0 Å². The van der Waals surface area contributed by atoms with Crippen molar-refractivity contribution in [3.05, 3.63) is 112 Å². The van der Waals surface area contributed by atoms with Crippen LogP contribution in [0.5, 0.6) is 5.88 Å². The monoisotopic (exact) mass is 709 g/mol. The summed E-state index contributed by atoms with van der Waals surface area (Å²) in [6, 6.07) is 22.6. The molecular weight excluding hydrogens is 669 g/mol. The minimum absolute atomic E-state index is 0.115. The Hall–Kier alpha value is -4.84. The molecule has 0 saturated carbocycles. The average molecular weight is 710 g/mol. The number of nitrogens with zero attached hydrogens (tertiary/aromatic N) is 6. The van der Waals surface area contributed by atoms with Crippen molar-refractivity contribution < 1.29 is 18.7 Å². The third-order valence-electron chi connectivity index (χ3n) is 9.51. The molecule has 264 valence electrons. The van der Waals surface area contributed by atoms with Crippen molar-refractivity contribution in [1.82, 2.24) is 29.2 Å². The molecule has 3 aromatic carbocycles. The van der Waals surface area contributed by atoms with E-state index in [0.29, 0.717) is 28.8 Å². The highest BCUT2D eigenvalue weighted by atomic mass is 35.5. The minimum atomic E-state index is -0.370. The van der Waals surface area contributed by atoms with Crippen LogP contribution in [0, 0.1) is 12.7 Å². The number of benzene rings is 3. The number of piperidine rings is 1. The summed E-state index contributed by atoms with van der Waals surface area (Å²) in [6.07, 6.45) is 6.01. The van der Waals surface area contributed by atoms with Crippen LogP contribution >= 0.6 is 11.6 Å². The molecule has 5 heterocycles. The van der Waals surface area contributed by atoms with E-state index in [1.54, 1.807) is 16.8 Å². The second kappa shape index (κ2) is 15.6. The van der Waals surface area contributed by atoms with Crippen LogP contribution in [0.25, 0.3) is 21.9 Å². The number of imidazole rings is 1. The summed E-state index contributed by atoms with van der Waals surface area (Å²) in [5.74, 6) is 1.63. The summed E-state index contributed by atoms with van der Waals surface area (Å²) in [7, 11) is 1.87. The number of aryl methyl sites for hydroxylation is 2. The second-order valence-electron chi connectivity index (χ2n) is 13.2. The van der Waals surface area contributed by atoms with Gasteiger partial charge in [0, 0.05) is 59.2 Å². The largest absolute Gasteiger partial charge is 0.473 e. The number of aromatic nitrogens is 5. The lowest BCUT2D eigenvalue weighted by molar-refractivity contribution is -0.105. The molecule has 1 amide bonds. The van der Waals surface area contributed by atoms with E-state index in [1.165, 1.54) is 17.1 Å². The van der Waals surface area contributed by atoms with E-state index in [2.05, 4.69) is 51.1 Å². The number of likely N-dealkylation sites (tertiary alicyclic amines) is 1. The molecule has 2 aliphatic heterocycles. The van der Waals surface area contributed by atoms with E-state index in [1.807, 2.05) is 43.6 Å². The Labute approximate surface area is 301 Å². The van der Waals surface area contributed by atoms with Gasteiger partial charge in [-0.2, -0.15) is 5.10 Å². The van der Waals surface area contributed by atoms with E-state index in [-0.39, 0.29) is 18.5 Å². The van der Waals surface area contributed by atoms with Crippen molar-refractivity contribution in [2.24, 2.45) is 7.05 Å². The zero-order valence-electron chi connectivity index (χ0n) is 28.8. The number of hydrogen-bond donors (Lipinski definition) is 1. The predicted molar refractivity (Wildman–Crippen MR) is 196 cm³/mol. The fraction of sp³-hybridized carbons (Fsp3) is 0.333. The topological polar surface area (TPSA) is 99.3 Å². The van der Waals surface area contributed by atoms with E-state index in [4.69, 9.17) is 31.0 Å². The molecule has 1 unspecified atom stereocenters. The molecule has 3 aromatic heterocycles. The van der Waals surface area contributed by atoms with Crippen molar-refractivity contribution in [2.75, 3.05) is 25.0 Å². The average Bonchev–Trinajstić information content (AvgIpc) is 3.64. The highest BCUT2D eigenvalue weighted by Gasteiger charge is 2.26. The minimum Gasteiger partial charge on any atom is -0.473 e. The van der Waals surface area contributed by atoms with Crippen LogP contribution in [0.15, 0.2) is 79.0 Å². The first-order valence-corrected chi connectivity index (χ1v) is 17.7. The Morgan fingerprint density at radius 2 is 1.86 bits per heavy atom. The molecule has 2 aliphatic rings. The molecule has 12 heteroatoms. The first-order chi connectivity index (χ1) is 24.8. The molecule has 0 radical (unpaired) electrons. The number of fused-ring (bicyclic) bond motifs is 2. The van der Waals surface area contributed by atoms with E-state index in [9.17, 15) is 9.18 Å². The zero-order chi connectivity index (χ0) is 35.3. The molecule has 1 N–H and O–H groups in total. The van der Waals surface area contributed by atoms with Crippen molar-refractivity contribution in [2.45, 2.75) is 57.9 Å². The van der Waals surface area contributed by atoms with Gasteiger partial charge in [0.25, 0.3) is 0 Å². The van der Waals surface area contributed by atoms with Crippen molar-refractivity contribution in [1.29, 1.82) is 0 Å². The molecule has 10 nitrogen and oxygen atoms in total. The number of carbonyl (C=O) groups excluding carboxylic acids is 1. The smallest absolute Gasteiger partial charge is 0.213 e. The summed E-state index contributed by atoms with van der Waals surface area (Å²) in [5.41, 5.74) is 6.69. The molecule has 2 fully saturated rings. The van der Waals surface area contributed by atoms with Crippen LogP contribution in [0.2, 0.25) is 5.02 Å². The van der Waals surface area contributed by atoms with Crippen LogP contribution in [-0.2, 0) is 36.3 Å². The number of rotatable bonds is 10. The number of amides is 1. The Balaban J connectivity index is 0.000000262. The van der Waals surface area contributed by atoms with E-state index >= 15 is 0 Å². The predicted octanol–water partition coefficient (Wildman–Crippen LogP) is 7.42. The van der Waals surface area contributed by atoms with Gasteiger partial charge in [0.2, 0.25) is 12.3 Å². The van der Waals surface area contributed by atoms with Crippen molar-refractivity contribution >= 4 is 45.6 Å². The van der Waals surface area contributed by atoms with Crippen LogP contribution in [0.1, 0.15) is 47.8 Å². The summed E-state index contributed by atoms with van der Waals surface area (Å²) in [6.45, 7) is 6.74. The van der Waals surface area contributed by atoms with Crippen molar-refractivity contribution in [3.63, 3.8) is 0 Å². The highest BCUT2D eigenvalue weighted by Crippen LogP contribution is 2.30. The summed E-state index contributed by atoms with van der Waals surface area (Å²) in [4.78, 5) is 22.5. The number of pyridine rings is 1. The van der Waals surface area contributed by atoms with E-state index < -0.39 is 0 Å². The number of halogens is 2. The van der Waals surface area contributed by atoms with Gasteiger partial charge in [-0.1, -0.05) is 29.8 Å². The number of anilines is 1. The Morgan fingerprint density at radius 1 is 1.02 bits per heavy atom. The Morgan fingerprint density at radius 3 is 2.63 bits per heavy atom. The van der Waals surface area contributed by atoms with E-state index in [0.717, 1.165) is 85.7 Å². The summed E-state index contributed by atoms with van der Waals surface area (Å²) >= 11 is 5.85. The lowest BCUT2D eigenvalue weighted by Gasteiger charge is -2.32. The maximum atomic E-state index is 14.1. The van der Waals surface area contributed by atoms with Gasteiger partial charge in [0.1, 0.15) is 18.2 Å². The van der Waals surface area contributed by atoms with Gasteiger partial charge in [-0.3, -0.25) is 14.4 Å². The number of hydrogen-bond acceptors (Lipinski definition) is 7. The second-order valence-corrected chi connectivity index (χ2v) is 13.7. The number of carbonyl (C=O) groups is 1. The van der Waals surface area contributed by atoms with Gasteiger partial charge in [0.05, 0.1) is 35.7 Å². The highest BCUT2D eigenvalue weighted by molar-refractivity contribution is 6.30. The molecule has 0 spiro atoms. The first kappa shape index (κ1) is 34.6. The standard InChI is InChI=1S/C30H32ClFN4O2.C9H9N3O/c1-20-5-8-28-27(15-20)33-29(36(28)17-24-11-14-37-24)18-35-12-9-21(10-13-35)26-3-2-4-30(34-26)38-19-22-6-7-23(31)16-25(22)32;1-12-5-7-4-8(10-6-13)2-3-9(7)11-12/h2-8,15-16,21,24H,9-14,17-19H2,1H3;2-6H,1H3,(H,10,13).